The Morgan fingerprint density at radius 3 is 1.00 bits per heavy atom. The fourth-order valence-electron chi connectivity index (χ4n) is 0. The van der Waals surface area contributed by atoms with Gasteiger partial charge in [0.25, 0.3) is 0 Å². The van der Waals surface area contributed by atoms with E-state index in [0.717, 1.165) is 0 Å². The number of hydrogen-bond donors (Lipinski definition) is 3. The molecule has 0 amide bonds. The third kappa shape index (κ3) is 50.7. The molecule has 9 N–H and O–H groups in total. The Morgan fingerprint density at radius 1 is 1.00 bits per heavy atom. The summed E-state index contributed by atoms with van der Waals surface area (Å²) < 4.78 is 0. The van der Waals surface area contributed by atoms with E-state index in [1.165, 1.54) is 0 Å². The maximum atomic E-state index is 4.00. The normalized spacial score (nSPS) is 1.50. The molecular formula is H9N3O. The molecule has 4 nitrogen and oxygen atoms in total. The van der Waals surface area contributed by atoms with Crippen molar-refractivity contribution in [3.8, 4) is 0 Å². The van der Waals surface area contributed by atoms with E-state index in [1.54, 1.807) is 0 Å². The Hall–Kier alpha value is -0.160. The fourth-order valence-corrected chi connectivity index (χ4v) is 0. The van der Waals surface area contributed by atoms with Crippen molar-refractivity contribution in [1.82, 2.24) is 6.15 Å². The van der Waals surface area contributed by atoms with Crippen molar-refractivity contribution < 1.29 is 5.48 Å². The second kappa shape index (κ2) is 376. The first-order valence-corrected chi connectivity index (χ1v) is 0.333. The maximum absolute atomic E-state index is 4.00. The van der Waals surface area contributed by atoms with Crippen LogP contribution >= 0.6 is 0 Å². The second-order valence-electron chi connectivity index (χ2n) is 0. The van der Waals surface area contributed by atoms with Crippen molar-refractivity contribution in [2.24, 2.45) is 11.7 Å². The summed E-state index contributed by atoms with van der Waals surface area (Å²) in [6, 6.07) is 0. The first-order valence-electron chi connectivity index (χ1n) is 0.333. The lowest BCUT2D eigenvalue weighted by molar-refractivity contribution is 0.824. The lowest BCUT2D eigenvalue weighted by Gasteiger charge is -1.27. The number of hydrazine groups is 1. The molecule has 0 unspecified atom stereocenters. The topological polar surface area (TPSA) is 119 Å². The highest BCUT2D eigenvalue weighted by molar-refractivity contribution is 3.26. The van der Waals surface area contributed by atoms with Crippen molar-refractivity contribution in [3.63, 3.8) is 0 Å². The predicted octanol–water partition coefficient (Wildman–Crippen LogP) is -1.84. The largest absolute Gasteiger partial charge is 0.412 e. The van der Waals surface area contributed by atoms with E-state index in [4.69, 9.17) is 0 Å². The molecule has 0 aliphatic rings. The van der Waals surface area contributed by atoms with Crippen LogP contribution in [0.5, 0.6) is 0 Å². The summed E-state index contributed by atoms with van der Waals surface area (Å²) in [5.74, 6) is 8.00. The molecule has 0 atom stereocenters. The van der Waals surface area contributed by atoms with Gasteiger partial charge in [0.2, 0.25) is 0 Å². The van der Waals surface area contributed by atoms with Crippen LogP contribution in [-0.4, -0.2) is 5.48 Å². The molecule has 0 saturated heterocycles. The molecule has 30 valence electrons. The highest BCUT2D eigenvalue weighted by Gasteiger charge is 0.726. The van der Waals surface area contributed by atoms with Gasteiger partial charge in [-0.15, -0.1) is 0 Å². The van der Waals surface area contributed by atoms with Gasteiger partial charge in [0, 0.05) is 0 Å². The molecule has 0 saturated carbocycles. The highest BCUT2D eigenvalue weighted by Crippen LogP contribution is -0.0190. The Balaban J connectivity index is -0.00000000500. The molecule has 0 heterocycles. The van der Waals surface area contributed by atoms with Crippen LogP contribution < -0.4 is 17.8 Å². The van der Waals surface area contributed by atoms with Crippen LogP contribution in [0.4, 0.5) is 0 Å². The van der Waals surface area contributed by atoms with E-state index in [2.05, 4.69) is 11.7 Å². The standard InChI is InChI=1S/H4N2.H3N.H2O/c1-2;;/h1-2H2;1H3;1H2. The van der Waals surface area contributed by atoms with E-state index < -0.39 is 0 Å². The van der Waals surface area contributed by atoms with Crippen LogP contribution in [0.1, 0.15) is 0 Å². The van der Waals surface area contributed by atoms with Gasteiger partial charge < -0.3 is 11.6 Å². The molecule has 0 rings (SSSR count). The van der Waals surface area contributed by atoms with Crippen molar-refractivity contribution in [1.29, 1.82) is 0 Å². The molecule has 0 aromatic rings. The van der Waals surface area contributed by atoms with Gasteiger partial charge in [0.15, 0.2) is 0 Å². The second-order valence-corrected chi connectivity index (χ2v) is 0. The van der Waals surface area contributed by atoms with Crippen LogP contribution in [0.3, 0.4) is 0 Å². The van der Waals surface area contributed by atoms with Gasteiger partial charge in [-0.1, -0.05) is 0 Å². The first kappa shape index (κ1) is 43.9. The molecule has 0 aromatic heterocycles. The Kier molecular flexibility index (Phi) is 4120. The van der Waals surface area contributed by atoms with Crippen LogP contribution in [0.2, 0.25) is 0 Å². The summed E-state index contributed by atoms with van der Waals surface area (Å²) in [5, 5.41) is 0. The van der Waals surface area contributed by atoms with E-state index in [-0.39, 0.29) is 11.6 Å². The summed E-state index contributed by atoms with van der Waals surface area (Å²) in [6.45, 7) is 0. The molecule has 0 radical (unpaired) electrons. The van der Waals surface area contributed by atoms with Crippen LogP contribution in [0.15, 0.2) is 0 Å². The van der Waals surface area contributed by atoms with Gasteiger partial charge in [0.05, 0.1) is 0 Å². The minimum absolute atomic E-state index is 0. The third-order valence-corrected chi connectivity index (χ3v) is 0. The van der Waals surface area contributed by atoms with Crippen molar-refractivity contribution in [2.45, 2.75) is 0 Å². The average Bonchev–Trinajstić information content (AvgIpc) is 1.00. The molecule has 0 aliphatic carbocycles. The van der Waals surface area contributed by atoms with Crippen LogP contribution in [-0.2, 0) is 0 Å². The summed E-state index contributed by atoms with van der Waals surface area (Å²) in [7, 11) is 0. The third-order valence-electron chi connectivity index (χ3n) is 0. The smallest absolute Gasteiger partial charge is 0.274 e. The molecule has 0 spiro atoms. The predicted molar refractivity (Wildman–Crippen MR) is 17.0 cm³/mol. The maximum Gasteiger partial charge on any atom is -0.274 e. The molecule has 4 heavy (non-hydrogen) atoms. The monoisotopic (exact) mass is 67.1 g/mol. The van der Waals surface area contributed by atoms with Gasteiger partial charge in [0.1, 0.15) is 0 Å². The zero-order valence-corrected chi connectivity index (χ0v) is 2.36. The quantitative estimate of drug-likeness (QED) is 0.228. The molecular weight excluding hydrogens is 58.0 g/mol. The number of hydrogen-bond acceptors (Lipinski definition) is 3. The number of nitrogens with two attached hydrogens (primary N) is 2. The number of rotatable bonds is 0. The van der Waals surface area contributed by atoms with E-state index in [1.807, 2.05) is 0 Å². The summed E-state index contributed by atoms with van der Waals surface area (Å²) >= 11 is 0. The molecule has 4 heteroatoms. The van der Waals surface area contributed by atoms with E-state index >= 15 is 0 Å². The SMILES string of the molecule is N.NN.O. The van der Waals surface area contributed by atoms with Gasteiger partial charge >= 0.3 is 0 Å². The lowest BCUT2D eigenvalue weighted by Crippen LogP contribution is -2.02. The van der Waals surface area contributed by atoms with Crippen LogP contribution in [0, 0.1) is 0 Å². The van der Waals surface area contributed by atoms with Gasteiger partial charge in [-0.2, -0.15) is 0 Å². The summed E-state index contributed by atoms with van der Waals surface area (Å²) in [6.07, 6.45) is 0. The van der Waals surface area contributed by atoms with E-state index in [9.17, 15) is 0 Å². The average molecular weight is 67.1 g/mol. The van der Waals surface area contributed by atoms with Crippen LogP contribution in [0.25, 0.3) is 0 Å². The molecule has 0 aromatic carbocycles. The van der Waals surface area contributed by atoms with Crippen molar-refractivity contribution >= 4 is 0 Å². The zero-order chi connectivity index (χ0) is 2.00. The van der Waals surface area contributed by atoms with Crippen molar-refractivity contribution in [3.05, 3.63) is 0 Å². The van der Waals surface area contributed by atoms with Gasteiger partial charge in [-0.05, 0) is 0 Å². The highest BCUT2D eigenvalue weighted by atomic mass is 16.0. The summed E-state index contributed by atoms with van der Waals surface area (Å²) in [4.78, 5) is 0. The zero-order valence-electron chi connectivity index (χ0n) is 2.36. The van der Waals surface area contributed by atoms with Crippen molar-refractivity contribution in [2.75, 3.05) is 0 Å². The Morgan fingerprint density at radius 2 is 1.00 bits per heavy atom. The van der Waals surface area contributed by atoms with Gasteiger partial charge in [-0.3, -0.25) is 11.7 Å². The molecule has 0 bridgehead atoms. The Labute approximate surface area is 24.6 Å². The van der Waals surface area contributed by atoms with Gasteiger partial charge in [-0.25, -0.2) is 0 Å². The Bertz CT molecular complexity index is 3.25. The minimum Gasteiger partial charge on any atom is -0.412 e. The first-order chi connectivity index (χ1) is 1.00. The molecule has 0 fully saturated rings. The van der Waals surface area contributed by atoms with E-state index in [0.29, 0.717) is 0 Å². The minimum atomic E-state index is 0. The fraction of sp³-hybridized carbons (Fsp3) is 0. The molecule has 0 aliphatic heterocycles. The lowest BCUT2D eigenvalue weighted by atomic mass is 13.0. The summed E-state index contributed by atoms with van der Waals surface area (Å²) in [5.41, 5.74) is 0.